The molecule has 2 aromatic carbocycles. The predicted molar refractivity (Wildman–Crippen MR) is 77.6 cm³/mol. The standard InChI is InChI=1S/C15H13BrFNO2/c16-11-6-7-12(13(17)8-11)15(18-14(20)9-19)10-4-2-1-3-5-10/h1-8,15,19H,9H2,(H,18,20). The molecule has 1 unspecified atom stereocenters. The number of hydrogen-bond acceptors (Lipinski definition) is 2. The molecule has 0 fully saturated rings. The Morgan fingerprint density at radius 1 is 1.25 bits per heavy atom. The van der Waals surface area contributed by atoms with Gasteiger partial charge in [0.15, 0.2) is 0 Å². The predicted octanol–water partition coefficient (Wildman–Crippen LogP) is 2.79. The number of benzene rings is 2. The Morgan fingerprint density at radius 3 is 2.55 bits per heavy atom. The second kappa shape index (κ2) is 6.63. The van der Waals surface area contributed by atoms with E-state index in [1.165, 1.54) is 6.07 Å². The number of amides is 1. The normalized spacial score (nSPS) is 11.9. The average Bonchev–Trinajstić information content (AvgIpc) is 2.46. The zero-order valence-electron chi connectivity index (χ0n) is 10.5. The van der Waals surface area contributed by atoms with Crippen molar-refractivity contribution in [1.82, 2.24) is 5.32 Å². The van der Waals surface area contributed by atoms with Gasteiger partial charge in [-0.2, -0.15) is 0 Å². The quantitative estimate of drug-likeness (QED) is 0.901. The van der Waals surface area contributed by atoms with Gasteiger partial charge in [-0.15, -0.1) is 0 Å². The molecule has 0 aliphatic rings. The molecule has 0 saturated heterocycles. The van der Waals surface area contributed by atoms with Crippen LogP contribution in [0.1, 0.15) is 17.2 Å². The zero-order chi connectivity index (χ0) is 14.5. The lowest BCUT2D eigenvalue weighted by atomic mass is 9.98. The van der Waals surface area contributed by atoms with Crippen LogP contribution in [-0.4, -0.2) is 17.6 Å². The van der Waals surface area contributed by atoms with Gasteiger partial charge in [0.1, 0.15) is 12.4 Å². The third kappa shape index (κ3) is 3.43. The fourth-order valence-corrected chi connectivity index (χ4v) is 2.26. The van der Waals surface area contributed by atoms with Crippen LogP contribution in [-0.2, 0) is 4.79 Å². The number of halogens is 2. The van der Waals surface area contributed by atoms with E-state index in [0.29, 0.717) is 10.0 Å². The van der Waals surface area contributed by atoms with Gasteiger partial charge in [0.25, 0.3) is 0 Å². The van der Waals surface area contributed by atoms with Crippen LogP contribution in [0.5, 0.6) is 0 Å². The van der Waals surface area contributed by atoms with Crippen molar-refractivity contribution in [2.75, 3.05) is 6.61 Å². The van der Waals surface area contributed by atoms with Crippen molar-refractivity contribution in [1.29, 1.82) is 0 Å². The molecule has 20 heavy (non-hydrogen) atoms. The minimum Gasteiger partial charge on any atom is -0.387 e. The summed E-state index contributed by atoms with van der Waals surface area (Å²) in [6, 6.07) is 13.1. The van der Waals surface area contributed by atoms with Crippen molar-refractivity contribution in [2.24, 2.45) is 0 Å². The first kappa shape index (κ1) is 14.7. The number of nitrogens with one attached hydrogen (secondary N) is 1. The van der Waals surface area contributed by atoms with E-state index in [2.05, 4.69) is 21.2 Å². The van der Waals surface area contributed by atoms with Crippen LogP contribution in [0.15, 0.2) is 53.0 Å². The highest BCUT2D eigenvalue weighted by molar-refractivity contribution is 9.10. The zero-order valence-corrected chi connectivity index (χ0v) is 12.1. The Bertz CT molecular complexity index is 604. The molecule has 0 aliphatic heterocycles. The van der Waals surface area contributed by atoms with Crippen LogP contribution in [0, 0.1) is 5.82 Å². The topological polar surface area (TPSA) is 49.3 Å². The van der Waals surface area contributed by atoms with Gasteiger partial charge < -0.3 is 10.4 Å². The fraction of sp³-hybridized carbons (Fsp3) is 0.133. The summed E-state index contributed by atoms with van der Waals surface area (Å²) in [5.74, 6) is -0.979. The van der Waals surface area contributed by atoms with Gasteiger partial charge in [0.05, 0.1) is 6.04 Å². The Morgan fingerprint density at radius 2 is 1.95 bits per heavy atom. The smallest absolute Gasteiger partial charge is 0.246 e. The van der Waals surface area contributed by atoms with Crippen LogP contribution in [0.2, 0.25) is 0 Å². The SMILES string of the molecule is O=C(CO)NC(c1ccccc1)c1ccc(Br)cc1F. The fourth-order valence-electron chi connectivity index (χ4n) is 1.93. The summed E-state index contributed by atoms with van der Waals surface area (Å²) in [6.07, 6.45) is 0. The van der Waals surface area contributed by atoms with E-state index in [1.54, 1.807) is 24.3 Å². The van der Waals surface area contributed by atoms with E-state index < -0.39 is 24.4 Å². The Hall–Kier alpha value is -1.72. The number of rotatable bonds is 4. The van der Waals surface area contributed by atoms with E-state index >= 15 is 0 Å². The summed E-state index contributed by atoms with van der Waals surface area (Å²) in [5.41, 5.74) is 1.09. The highest BCUT2D eigenvalue weighted by atomic mass is 79.9. The summed E-state index contributed by atoms with van der Waals surface area (Å²) in [7, 11) is 0. The third-order valence-electron chi connectivity index (χ3n) is 2.86. The molecule has 3 nitrogen and oxygen atoms in total. The van der Waals surface area contributed by atoms with Crippen LogP contribution in [0.25, 0.3) is 0 Å². The first-order valence-corrected chi connectivity index (χ1v) is 6.81. The summed E-state index contributed by atoms with van der Waals surface area (Å²) >= 11 is 3.20. The van der Waals surface area contributed by atoms with Crippen molar-refractivity contribution < 1.29 is 14.3 Å². The molecule has 0 heterocycles. The highest BCUT2D eigenvalue weighted by Gasteiger charge is 2.19. The molecular formula is C15H13BrFNO2. The minimum absolute atomic E-state index is 0.348. The lowest BCUT2D eigenvalue weighted by Gasteiger charge is -2.20. The van der Waals surface area contributed by atoms with Gasteiger partial charge >= 0.3 is 0 Å². The molecule has 2 aromatic rings. The molecule has 2 N–H and O–H groups in total. The molecule has 0 bridgehead atoms. The Balaban J connectivity index is 2.43. The first-order valence-electron chi connectivity index (χ1n) is 6.02. The molecule has 0 saturated carbocycles. The second-order valence-corrected chi connectivity index (χ2v) is 5.15. The number of aliphatic hydroxyl groups excluding tert-OH is 1. The molecule has 0 radical (unpaired) electrons. The monoisotopic (exact) mass is 337 g/mol. The van der Waals surface area contributed by atoms with E-state index in [-0.39, 0.29) is 0 Å². The van der Waals surface area contributed by atoms with Gasteiger partial charge in [-0.05, 0) is 17.7 Å². The summed E-state index contributed by atoms with van der Waals surface area (Å²) in [4.78, 5) is 11.5. The number of carbonyl (C=O) groups excluding carboxylic acids is 1. The minimum atomic E-state index is -0.637. The van der Waals surface area contributed by atoms with Gasteiger partial charge in [-0.25, -0.2) is 4.39 Å². The lowest BCUT2D eigenvalue weighted by Crippen LogP contribution is -2.31. The van der Waals surface area contributed by atoms with Gasteiger partial charge in [0.2, 0.25) is 5.91 Å². The summed E-state index contributed by atoms with van der Waals surface area (Å²) in [5, 5.41) is 11.5. The van der Waals surface area contributed by atoms with Crippen LogP contribution in [0.3, 0.4) is 0 Å². The molecule has 5 heteroatoms. The lowest BCUT2D eigenvalue weighted by molar-refractivity contribution is -0.124. The van der Waals surface area contributed by atoms with Gasteiger partial charge in [0, 0.05) is 10.0 Å². The van der Waals surface area contributed by atoms with Crippen molar-refractivity contribution in [3.05, 3.63) is 69.9 Å². The Labute approximate surface area is 124 Å². The molecule has 1 amide bonds. The highest BCUT2D eigenvalue weighted by Crippen LogP contribution is 2.26. The van der Waals surface area contributed by atoms with E-state index in [4.69, 9.17) is 5.11 Å². The van der Waals surface area contributed by atoms with E-state index in [9.17, 15) is 9.18 Å². The van der Waals surface area contributed by atoms with Crippen LogP contribution >= 0.6 is 15.9 Å². The maximum atomic E-state index is 14.1. The largest absolute Gasteiger partial charge is 0.387 e. The average molecular weight is 338 g/mol. The van der Waals surface area contributed by atoms with Crippen LogP contribution in [0.4, 0.5) is 4.39 Å². The van der Waals surface area contributed by atoms with E-state index in [1.807, 2.05) is 18.2 Å². The Kier molecular flexibility index (Phi) is 4.87. The maximum Gasteiger partial charge on any atom is 0.246 e. The number of hydrogen-bond donors (Lipinski definition) is 2. The molecule has 2 rings (SSSR count). The molecular weight excluding hydrogens is 325 g/mol. The van der Waals surface area contributed by atoms with E-state index in [0.717, 1.165) is 5.56 Å². The van der Waals surface area contributed by atoms with Gasteiger partial charge in [-0.3, -0.25) is 4.79 Å². The number of carbonyl (C=O) groups is 1. The van der Waals surface area contributed by atoms with Crippen molar-refractivity contribution in [3.8, 4) is 0 Å². The molecule has 0 aromatic heterocycles. The number of aliphatic hydroxyl groups is 1. The van der Waals surface area contributed by atoms with Crippen LogP contribution < -0.4 is 5.32 Å². The second-order valence-electron chi connectivity index (χ2n) is 4.24. The van der Waals surface area contributed by atoms with Gasteiger partial charge in [-0.1, -0.05) is 52.3 Å². The molecule has 1 atom stereocenters. The molecule has 104 valence electrons. The maximum absolute atomic E-state index is 14.1. The first-order chi connectivity index (χ1) is 9.61. The molecule has 0 aliphatic carbocycles. The summed E-state index contributed by atoms with van der Waals surface area (Å²) in [6.45, 7) is -0.637. The van der Waals surface area contributed by atoms with Crippen molar-refractivity contribution in [2.45, 2.75) is 6.04 Å². The van der Waals surface area contributed by atoms with Crippen molar-refractivity contribution in [3.63, 3.8) is 0 Å². The van der Waals surface area contributed by atoms with Crippen molar-refractivity contribution >= 4 is 21.8 Å². The summed E-state index contributed by atoms with van der Waals surface area (Å²) < 4.78 is 14.7. The molecule has 0 spiro atoms. The third-order valence-corrected chi connectivity index (χ3v) is 3.35.